The lowest BCUT2D eigenvalue weighted by Crippen LogP contribution is -2.41. The SMILES string of the molecule is CN=C(NCCSC)NCc1ccc(N2CCOC(C)C2)nc1.I. The van der Waals surface area contributed by atoms with Gasteiger partial charge < -0.3 is 20.3 Å². The molecule has 136 valence electrons. The maximum Gasteiger partial charge on any atom is 0.191 e. The molecule has 1 aliphatic rings. The monoisotopic (exact) mass is 465 g/mol. The van der Waals surface area contributed by atoms with Crippen molar-refractivity contribution in [3.05, 3.63) is 23.9 Å². The number of rotatable bonds is 6. The van der Waals surface area contributed by atoms with E-state index in [1.54, 1.807) is 7.05 Å². The lowest BCUT2D eigenvalue weighted by atomic mass is 10.2. The Kier molecular flexibility index (Phi) is 10.4. The summed E-state index contributed by atoms with van der Waals surface area (Å²) < 4.78 is 5.57. The smallest absolute Gasteiger partial charge is 0.191 e. The van der Waals surface area contributed by atoms with Crippen LogP contribution in [0.15, 0.2) is 23.3 Å². The highest BCUT2D eigenvalue weighted by Crippen LogP contribution is 2.15. The Morgan fingerprint density at radius 1 is 1.46 bits per heavy atom. The van der Waals surface area contributed by atoms with Crippen molar-refractivity contribution in [3.8, 4) is 0 Å². The van der Waals surface area contributed by atoms with Gasteiger partial charge in [-0.15, -0.1) is 24.0 Å². The van der Waals surface area contributed by atoms with Gasteiger partial charge in [0.05, 0.1) is 12.7 Å². The number of pyridine rings is 1. The predicted molar refractivity (Wildman–Crippen MR) is 114 cm³/mol. The zero-order chi connectivity index (χ0) is 16.5. The molecule has 1 saturated heterocycles. The normalized spacial score (nSPS) is 18.0. The van der Waals surface area contributed by atoms with Crippen molar-refractivity contribution in [3.63, 3.8) is 0 Å². The fraction of sp³-hybridized carbons (Fsp3) is 0.625. The maximum absolute atomic E-state index is 5.57. The number of hydrogen-bond acceptors (Lipinski definition) is 5. The Labute approximate surface area is 166 Å². The third-order valence-corrected chi connectivity index (χ3v) is 4.27. The summed E-state index contributed by atoms with van der Waals surface area (Å²) in [5.41, 5.74) is 1.14. The van der Waals surface area contributed by atoms with Gasteiger partial charge in [0.1, 0.15) is 5.82 Å². The van der Waals surface area contributed by atoms with Crippen LogP contribution in [0.1, 0.15) is 12.5 Å². The number of nitrogens with one attached hydrogen (secondary N) is 2. The number of aliphatic imine (C=N–C) groups is 1. The topological polar surface area (TPSA) is 61.8 Å². The molecule has 1 atom stereocenters. The first-order valence-corrected chi connectivity index (χ1v) is 9.37. The van der Waals surface area contributed by atoms with Crippen LogP contribution in [0.2, 0.25) is 0 Å². The van der Waals surface area contributed by atoms with E-state index in [2.05, 4.69) is 50.8 Å². The van der Waals surface area contributed by atoms with Crippen LogP contribution in [0, 0.1) is 0 Å². The van der Waals surface area contributed by atoms with Gasteiger partial charge in [0.25, 0.3) is 0 Å². The van der Waals surface area contributed by atoms with Gasteiger partial charge in [-0.25, -0.2) is 4.98 Å². The summed E-state index contributed by atoms with van der Waals surface area (Å²) >= 11 is 1.81. The molecular weight excluding hydrogens is 437 g/mol. The number of halogens is 1. The molecule has 0 radical (unpaired) electrons. The fourth-order valence-electron chi connectivity index (χ4n) is 2.41. The maximum atomic E-state index is 5.57. The Bertz CT molecular complexity index is 500. The van der Waals surface area contributed by atoms with Gasteiger partial charge in [0.2, 0.25) is 0 Å². The minimum Gasteiger partial charge on any atom is -0.375 e. The van der Waals surface area contributed by atoms with Crippen LogP contribution in [-0.2, 0) is 11.3 Å². The standard InChI is InChI=1S/C16H27N5OS.HI/c1-13-12-21(7-8-22-13)15-5-4-14(10-19-15)11-20-16(17-2)18-6-9-23-3;/h4-5,10,13H,6-9,11-12H2,1-3H3,(H2,17,18,20);1H. The number of aromatic nitrogens is 1. The summed E-state index contributed by atoms with van der Waals surface area (Å²) in [6.07, 6.45) is 4.29. The zero-order valence-electron chi connectivity index (χ0n) is 14.6. The van der Waals surface area contributed by atoms with Crippen LogP contribution >= 0.6 is 35.7 Å². The molecule has 6 nitrogen and oxygen atoms in total. The molecule has 0 bridgehead atoms. The number of guanidine groups is 1. The second-order valence-corrected chi connectivity index (χ2v) is 6.48. The molecule has 2 N–H and O–H groups in total. The molecule has 1 aliphatic heterocycles. The first kappa shape index (κ1) is 21.3. The van der Waals surface area contributed by atoms with Crippen molar-refractivity contribution >= 4 is 47.5 Å². The van der Waals surface area contributed by atoms with Crippen LogP contribution in [0.25, 0.3) is 0 Å². The average molecular weight is 465 g/mol. The largest absolute Gasteiger partial charge is 0.375 e. The lowest BCUT2D eigenvalue weighted by molar-refractivity contribution is 0.0529. The molecule has 24 heavy (non-hydrogen) atoms. The minimum atomic E-state index is 0. The van der Waals surface area contributed by atoms with Gasteiger partial charge in [0.15, 0.2) is 5.96 Å². The highest BCUT2D eigenvalue weighted by Gasteiger charge is 2.17. The molecule has 1 aromatic rings. The van der Waals surface area contributed by atoms with Crippen LogP contribution in [0.4, 0.5) is 5.82 Å². The van der Waals surface area contributed by atoms with E-state index in [1.165, 1.54) is 0 Å². The summed E-state index contributed by atoms with van der Waals surface area (Å²) in [4.78, 5) is 11.1. The number of thioether (sulfide) groups is 1. The molecule has 0 saturated carbocycles. The van der Waals surface area contributed by atoms with E-state index in [-0.39, 0.29) is 30.1 Å². The van der Waals surface area contributed by atoms with E-state index in [9.17, 15) is 0 Å². The van der Waals surface area contributed by atoms with E-state index in [1.807, 2.05) is 18.0 Å². The van der Waals surface area contributed by atoms with Crippen molar-refractivity contribution < 1.29 is 4.74 Å². The summed E-state index contributed by atoms with van der Waals surface area (Å²) in [7, 11) is 1.79. The van der Waals surface area contributed by atoms with Crippen LogP contribution < -0.4 is 15.5 Å². The summed E-state index contributed by atoms with van der Waals surface area (Å²) in [5, 5.41) is 6.59. The Balaban J connectivity index is 0.00000288. The van der Waals surface area contributed by atoms with Gasteiger partial charge in [-0.3, -0.25) is 4.99 Å². The first-order valence-electron chi connectivity index (χ1n) is 7.98. The average Bonchev–Trinajstić information content (AvgIpc) is 2.58. The van der Waals surface area contributed by atoms with Gasteiger partial charge >= 0.3 is 0 Å². The molecule has 1 fully saturated rings. The molecule has 1 unspecified atom stereocenters. The van der Waals surface area contributed by atoms with E-state index < -0.39 is 0 Å². The molecule has 2 heterocycles. The third kappa shape index (κ3) is 7.02. The predicted octanol–water partition coefficient (Wildman–Crippen LogP) is 1.95. The van der Waals surface area contributed by atoms with Gasteiger partial charge in [-0.1, -0.05) is 6.07 Å². The first-order chi connectivity index (χ1) is 11.2. The summed E-state index contributed by atoms with van der Waals surface area (Å²) in [6.45, 7) is 6.29. The van der Waals surface area contributed by atoms with Crippen molar-refractivity contribution in [1.29, 1.82) is 0 Å². The Morgan fingerprint density at radius 3 is 2.92 bits per heavy atom. The molecule has 0 amide bonds. The van der Waals surface area contributed by atoms with E-state index in [4.69, 9.17) is 4.74 Å². The molecule has 1 aromatic heterocycles. The fourth-order valence-corrected chi connectivity index (χ4v) is 2.72. The van der Waals surface area contributed by atoms with E-state index in [0.29, 0.717) is 6.54 Å². The van der Waals surface area contributed by atoms with Crippen molar-refractivity contribution in [2.24, 2.45) is 4.99 Å². The third-order valence-electron chi connectivity index (χ3n) is 3.66. The molecule has 0 aromatic carbocycles. The highest BCUT2D eigenvalue weighted by atomic mass is 127. The van der Waals surface area contributed by atoms with Crippen LogP contribution in [0.3, 0.4) is 0 Å². The quantitative estimate of drug-likeness (QED) is 0.290. The molecule has 8 heteroatoms. The van der Waals surface area contributed by atoms with Crippen LogP contribution in [-0.4, -0.2) is 62.3 Å². The van der Waals surface area contributed by atoms with E-state index >= 15 is 0 Å². The van der Waals surface area contributed by atoms with Crippen molar-refractivity contribution in [2.45, 2.75) is 19.6 Å². The van der Waals surface area contributed by atoms with Crippen LogP contribution in [0.5, 0.6) is 0 Å². The van der Waals surface area contributed by atoms with E-state index in [0.717, 1.165) is 49.3 Å². The Morgan fingerprint density at radius 2 is 2.29 bits per heavy atom. The van der Waals surface area contributed by atoms with Crippen molar-refractivity contribution in [1.82, 2.24) is 15.6 Å². The number of morpholine rings is 1. The van der Waals surface area contributed by atoms with Gasteiger partial charge in [0, 0.05) is 45.2 Å². The number of anilines is 1. The zero-order valence-corrected chi connectivity index (χ0v) is 17.8. The highest BCUT2D eigenvalue weighted by molar-refractivity contribution is 14.0. The molecule has 0 aliphatic carbocycles. The number of nitrogens with zero attached hydrogens (tertiary/aromatic N) is 3. The molecule has 2 rings (SSSR count). The second kappa shape index (κ2) is 11.8. The van der Waals surface area contributed by atoms with Gasteiger partial charge in [-0.2, -0.15) is 11.8 Å². The lowest BCUT2D eigenvalue weighted by Gasteiger charge is -2.32. The number of hydrogen-bond donors (Lipinski definition) is 2. The van der Waals surface area contributed by atoms with Gasteiger partial charge in [-0.05, 0) is 24.8 Å². The minimum absolute atomic E-state index is 0. The summed E-state index contributed by atoms with van der Waals surface area (Å²) in [5.74, 6) is 2.91. The summed E-state index contributed by atoms with van der Waals surface area (Å²) in [6, 6.07) is 4.20. The second-order valence-electron chi connectivity index (χ2n) is 5.50. The van der Waals surface area contributed by atoms with Crippen molar-refractivity contribution in [2.75, 3.05) is 50.2 Å². The number of ether oxygens (including phenoxy) is 1. The molecule has 0 spiro atoms. The Hall–Kier alpha value is -0.740. The molecular formula is C16H28IN5OS.